The number of hydrogen-bond acceptors (Lipinski definition) is 3. The molecule has 0 spiro atoms. The zero-order valence-electron chi connectivity index (χ0n) is 20.4. The maximum absolute atomic E-state index is 13.5. The SMILES string of the molecule is CCc1cccc(C)c1-n1c(C)cc(/C=C2\C(=O)NC(=S)N(c3ccc(C)cc3C)C2=O)c1C. The molecule has 174 valence electrons. The smallest absolute Gasteiger partial charge is 0.270 e. The summed E-state index contributed by atoms with van der Waals surface area (Å²) in [5, 5.41) is 2.79. The number of hydrogen-bond donors (Lipinski definition) is 1. The van der Waals surface area contributed by atoms with E-state index in [1.54, 1.807) is 6.08 Å². The summed E-state index contributed by atoms with van der Waals surface area (Å²) in [7, 11) is 0. The van der Waals surface area contributed by atoms with Crippen LogP contribution in [0.25, 0.3) is 11.8 Å². The molecule has 6 heteroatoms. The average molecular weight is 472 g/mol. The molecule has 2 heterocycles. The largest absolute Gasteiger partial charge is 0.317 e. The van der Waals surface area contributed by atoms with Crippen molar-refractivity contribution in [3.05, 3.63) is 87.2 Å². The molecule has 5 nitrogen and oxygen atoms in total. The number of thiocarbonyl (C=S) groups is 1. The predicted octanol–water partition coefficient (Wildman–Crippen LogP) is 5.41. The minimum atomic E-state index is -0.481. The van der Waals surface area contributed by atoms with Crippen LogP contribution in [0.1, 0.15) is 46.1 Å². The lowest BCUT2D eigenvalue weighted by atomic mass is 10.0. The van der Waals surface area contributed by atoms with Crippen LogP contribution in [0, 0.1) is 34.6 Å². The van der Waals surface area contributed by atoms with E-state index in [2.05, 4.69) is 41.9 Å². The van der Waals surface area contributed by atoms with Gasteiger partial charge in [-0.1, -0.05) is 42.8 Å². The van der Waals surface area contributed by atoms with Crippen molar-refractivity contribution in [3.63, 3.8) is 0 Å². The van der Waals surface area contributed by atoms with Crippen molar-refractivity contribution in [2.75, 3.05) is 4.90 Å². The molecule has 1 aliphatic heterocycles. The summed E-state index contributed by atoms with van der Waals surface area (Å²) in [6.07, 6.45) is 2.59. The first-order valence-electron chi connectivity index (χ1n) is 11.4. The Labute approximate surface area is 206 Å². The van der Waals surface area contributed by atoms with Crippen LogP contribution in [0.5, 0.6) is 0 Å². The van der Waals surface area contributed by atoms with Gasteiger partial charge >= 0.3 is 0 Å². The van der Waals surface area contributed by atoms with E-state index in [1.165, 1.54) is 16.0 Å². The van der Waals surface area contributed by atoms with Gasteiger partial charge in [0, 0.05) is 11.4 Å². The van der Waals surface area contributed by atoms with Crippen LogP contribution in [-0.2, 0) is 16.0 Å². The number of rotatable bonds is 4. The monoisotopic (exact) mass is 471 g/mol. The average Bonchev–Trinajstić information content (AvgIpc) is 3.05. The van der Waals surface area contributed by atoms with Gasteiger partial charge < -0.3 is 4.57 Å². The Kier molecular flexibility index (Phi) is 6.28. The molecule has 0 bridgehead atoms. The van der Waals surface area contributed by atoms with Gasteiger partial charge in [-0.2, -0.15) is 0 Å². The lowest BCUT2D eigenvalue weighted by Crippen LogP contribution is -2.54. The summed E-state index contributed by atoms with van der Waals surface area (Å²) in [5.74, 6) is -0.901. The summed E-state index contributed by atoms with van der Waals surface area (Å²) in [6, 6.07) is 14.1. The maximum Gasteiger partial charge on any atom is 0.270 e. The van der Waals surface area contributed by atoms with Gasteiger partial charge in [0.1, 0.15) is 5.57 Å². The van der Waals surface area contributed by atoms with Crippen LogP contribution < -0.4 is 10.2 Å². The fourth-order valence-corrected chi connectivity index (χ4v) is 4.96. The highest BCUT2D eigenvalue weighted by Crippen LogP contribution is 2.30. The third-order valence-electron chi connectivity index (χ3n) is 6.39. The zero-order chi connectivity index (χ0) is 24.7. The van der Waals surface area contributed by atoms with Gasteiger partial charge in [0.05, 0.1) is 11.4 Å². The molecular weight excluding hydrogens is 442 g/mol. The molecule has 2 amide bonds. The van der Waals surface area contributed by atoms with E-state index < -0.39 is 11.8 Å². The van der Waals surface area contributed by atoms with E-state index >= 15 is 0 Å². The molecule has 1 fully saturated rings. The number of nitrogens with zero attached hydrogens (tertiary/aromatic N) is 2. The first-order chi connectivity index (χ1) is 16.1. The van der Waals surface area contributed by atoms with Gasteiger partial charge in [-0.25, -0.2) is 0 Å². The van der Waals surface area contributed by atoms with E-state index in [0.29, 0.717) is 5.69 Å². The quantitative estimate of drug-likeness (QED) is 0.314. The van der Waals surface area contributed by atoms with Crippen LogP contribution in [0.15, 0.2) is 48.0 Å². The second kappa shape index (κ2) is 9.03. The fraction of sp³-hybridized carbons (Fsp3) is 0.250. The van der Waals surface area contributed by atoms with Crippen molar-refractivity contribution in [1.29, 1.82) is 0 Å². The van der Waals surface area contributed by atoms with Gasteiger partial charge in [0.25, 0.3) is 11.8 Å². The van der Waals surface area contributed by atoms with Crippen molar-refractivity contribution < 1.29 is 9.59 Å². The van der Waals surface area contributed by atoms with Gasteiger partial charge in [-0.15, -0.1) is 0 Å². The standard InChI is InChI=1S/C28H29N3O2S/c1-7-21-10-8-9-17(3)25(21)30-19(5)14-22(20(30)6)15-23-26(32)29-28(34)31(27(23)33)24-12-11-16(2)13-18(24)4/h8-15H,7H2,1-6H3,(H,29,32,34)/b23-15+. The third-order valence-corrected chi connectivity index (χ3v) is 6.68. The summed E-state index contributed by atoms with van der Waals surface area (Å²) in [4.78, 5) is 27.8. The van der Waals surface area contributed by atoms with Gasteiger partial charge in [0.2, 0.25) is 0 Å². The van der Waals surface area contributed by atoms with Crippen molar-refractivity contribution in [2.24, 2.45) is 0 Å². The van der Waals surface area contributed by atoms with E-state index in [1.807, 2.05) is 52.0 Å². The molecule has 4 rings (SSSR count). The molecular formula is C28H29N3O2S. The van der Waals surface area contributed by atoms with Crippen molar-refractivity contribution >= 4 is 40.9 Å². The van der Waals surface area contributed by atoms with Gasteiger partial charge in [0.15, 0.2) is 5.11 Å². The van der Waals surface area contributed by atoms with Gasteiger partial charge in [-0.05, 0) is 93.7 Å². The van der Waals surface area contributed by atoms with Crippen molar-refractivity contribution in [2.45, 2.75) is 48.0 Å². The summed E-state index contributed by atoms with van der Waals surface area (Å²) in [6.45, 7) is 12.2. The van der Waals surface area contributed by atoms with Crippen LogP contribution in [0.3, 0.4) is 0 Å². The highest BCUT2D eigenvalue weighted by Gasteiger charge is 2.35. The number of aromatic nitrogens is 1. The van der Waals surface area contributed by atoms with Crippen LogP contribution in [-0.4, -0.2) is 21.5 Å². The molecule has 1 N–H and O–H groups in total. The second-order valence-corrected chi connectivity index (χ2v) is 9.23. The highest BCUT2D eigenvalue weighted by atomic mass is 32.1. The van der Waals surface area contributed by atoms with Crippen LogP contribution >= 0.6 is 12.2 Å². The predicted molar refractivity (Wildman–Crippen MR) is 141 cm³/mol. The number of anilines is 1. The number of para-hydroxylation sites is 1. The number of carbonyl (C=O) groups is 2. The second-order valence-electron chi connectivity index (χ2n) is 8.85. The topological polar surface area (TPSA) is 54.3 Å². The molecule has 0 aliphatic carbocycles. The minimum Gasteiger partial charge on any atom is -0.317 e. The summed E-state index contributed by atoms with van der Waals surface area (Å²) >= 11 is 5.37. The Bertz CT molecular complexity index is 1380. The molecule has 1 aliphatic rings. The molecule has 3 aromatic rings. The normalized spacial score (nSPS) is 15.3. The number of amides is 2. The first kappa shape index (κ1) is 23.6. The van der Waals surface area contributed by atoms with Crippen molar-refractivity contribution in [1.82, 2.24) is 9.88 Å². The minimum absolute atomic E-state index is 0.0642. The Morgan fingerprint density at radius 3 is 2.38 bits per heavy atom. The zero-order valence-corrected chi connectivity index (χ0v) is 21.3. The highest BCUT2D eigenvalue weighted by molar-refractivity contribution is 7.80. The fourth-order valence-electron chi connectivity index (χ4n) is 4.69. The molecule has 0 saturated carbocycles. The molecule has 1 saturated heterocycles. The first-order valence-corrected chi connectivity index (χ1v) is 11.8. The molecule has 0 radical (unpaired) electrons. The molecule has 0 unspecified atom stereocenters. The number of nitrogens with one attached hydrogen (secondary N) is 1. The summed E-state index contributed by atoms with van der Waals surface area (Å²) in [5.41, 5.74) is 9.16. The molecule has 34 heavy (non-hydrogen) atoms. The summed E-state index contributed by atoms with van der Waals surface area (Å²) < 4.78 is 2.21. The molecule has 1 aromatic heterocycles. The third kappa shape index (κ3) is 3.99. The van der Waals surface area contributed by atoms with Crippen LogP contribution in [0.2, 0.25) is 0 Å². The van der Waals surface area contributed by atoms with Crippen LogP contribution in [0.4, 0.5) is 5.69 Å². The molecule has 2 aromatic carbocycles. The van der Waals surface area contributed by atoms with Crippen molar-refractivity contribution in [3.8, 4) is 5.69 Å². The lowest BCUT2D eigenvalue weighted by molar-refractivity contribution is -0.122. The maximum atomic E-state index is 13.5. The van der Waals surface area contributed by atoms with Gasteiger partial charge in [-0.3, -0.25) is 19.8 Å². The number of benzene rings is 2. The lowest BCUT2D eigenvalue weighted by Gasteiger charge is -2.30. The van der Waals surface area contributed by atoms with E-state index in [4.69, 9.17) is 12.2 Å². The van der Waals surface area contributed by atoms with E-state index in [-0.39, 0.29) is 10.7 Å². The molecule has 0 atom stereocenters. The Balaban J connectivity index is 1.82. The van der Waals surface area contributed by atoms with E-state index in [9.17, 15) is 9.59 Å². The van der Waals surface area contributed by atoms with E-state index in [0.717, 1.165) is 40.2 Å². The number of aryl methyl sites for hydroxylation is 5. The number of carbonyl (C=O) groups excluding carboxylic acids is 2. The Hall–Kier alpha value is -3.51. The Morgan fingerprint density at radius 2 is 1.71 bits per heavy atom. The Morgan fingerprint density at radius 1 is 0.971 bits per heavy atom.